The average Bonchev–Trinajstić information content (AvgIpc) is 2.45. The first-order valence-corrected chi connectivity index (χ1v) is 4.39. The van der Waals surface area contributed by atoms with E-state index in [1.54, 1.807) is 0 Å². The van der Waals surface area contributed by atoms with Crippen LogP contribution in [0.4, 0.5) is 5.69 Å². The number of hydrogen-bond donors (Lipinski definition) is 0. The van der Waals surface area contributed by atoms with Gasteiger partial charge >= 0.3 is 0 Å². The minimum Gasteiger partial charge on any atom is -0.261 e. The molecule has 0 aliphatic carbocycles. The summed E-state index contributed by atoms with van der Waals surface area (Å²) in [6, 6.07) is 4.16. The van der Waals surface area contributed by atoms with E-state index in [9.17, 15) is 0 Å². The van der Waals surface area contributed by atoms with E-state index in [0.29, 0.717) is 0 Å². The van der Waals surface area contributed by atoms with Crippen LogP contribution in [0.3, 0.4) is 0 Å². The van der Waals surface area contributed by atoms with E-state index in [0.717, 1.165) is 12.1 Å². The molecule has 0 fully saturated rings. The molecule has 0 amide bonds. The summed E-state index contributed by atoms with van der Waals surface area (Å²) in [6.45, 7) is 2.10. The molecule has 1 aliphatic rings. The fourth-order valence-corrected chi connectivity index (χ4v) is 1.78. The number of aliphatic imine (C=N–C) groups is 1. The number of rotatable bonds is 0. The standard InChI is InChI=1S/C9H8BrN/c1-6-2-3-8-7(9(6)10)4-5-11-8/h2-3,5H,4H2,1H3. The van der Waals surface area contributed by atoms with Crippen LogP contribution in [-0.2, 0) is 6.42 Å². The van der Waals surface area contributed by atoms with Gasteiger partial charge in [0.2, 0.25) is 0 Å². The predicted molar refractivity (Wildman–Crippen MR) is 50.7 cm³/mol. The molecule has 2 rings (SSSR count). The largest absolute Gasteiger partial charge is 0.261 e. The van der Waals surface area contributed by atoms with E-state index in [1.165, 1.54) is 15.6 Å². The molecule has 1 aromatic rings. The van der Waals surface area contributed by atoms with E-state index in [-0.39, 0.29) is 0 Å². The van der Waals surface area contributed by atoms with Crippen LogP contribution in [0.25, 0.3) is 0 Å². The van der Waals surface area contributed by atoms with Gasteiger partial charge in [-0.05, 0) is 24.1 Å². The maximum absolute atomic E-state index is 4.25. The van der Waals surface area contributed by atoms with Gasteiger partial charge in [-0.3, -0.25) is 4.99 Å². The fraction of sp³-hybridized carbons (Fsp3) is 0.222. The van der Waals surface area contributed by atoms with Crippen molar-refractivity contribution in [1.82, 2.24) is 0 Å². The van der Waals surface area contributed by atoms with Crippen molar-refractivity contribution in [2.75, 3.05) is 0 Å². The maximum Gasteiger partial charge on any atom is 0.0673 e. The van der Waals surface area contributed by atoms with Crippen molar-refractivity contribution < 1.29 is 0 Å². The minimum atomic E-state index is 0.970. The highest BCUT2D eigenvalue weighted by Gasteiger charge is 2.10. The Balaban J connectivity index is 2.67. The zero-order valence-corrected chi connectivity index (χ0v) is 7.85. The Hall–Kier alpha value is -0.630. The number of aryl methyl sites for hydroxylation is 1. The van der Waals surface area contributed by atoms with Crippen LogP contribution >= 0.6 is 15.9 Å². The predicted octanol–water partition coefficient (Wildman–Crippen LogP) is 3.02. The van der Waals surface area contributed by atoms with Crippen molar-refractivity contribution in [3.05, 3.63) is 27.7 Å². The van der Waals surface area contributed by atoms with Gasteiger partial charge in [0.25, 0.3) is 0 Å². The van der Waals surface area contributed by atoms with Gasteiger partial charge in [-0.25, -0.2) is 0 Å². The van der Waals surface area contributed by atoms with Gasteiger partial charge in [0.05, 0.1) is 5.69 Å². The van der Waals surface area contributed by atoms with Crippen LogP contribution in [0.1, 0.15) is 11.1 Å². The molecule has 0 bridgehead atoms. The number of nitrogens with zero attached hydrogens (tertiary/aromatic N) is 1. The number of hydrogen-bond acceptors (Lipinski definition) is 1. The van der Waals surface area contributed by atoms with Gasteiger partial charge in [-0.1, -0.05) is 22.0 Å². The molecule has 0 radical (unpaired) electrons. The van der Waals surface area contributed by atoms with Gasteiger partial charge in [0, 0.05) is 17.1 Å². The van der Waals surface area contributed by atoms with Crippen LogP contribution in [0.5, 0.6) is 0 Å². The summed E-state index contributed by atoms with van der Waals surface area (Å²) in [4.78, 5) is 4.25. The minimum absolute atomic E-state index is 0.970. The highest BCUT2D eigenvalue weighted by Crippen LogP contribution is 2.32. The second-order valence-corrected chi connectivity index (χ2v) is 3.50. The molecule has 0 spiro atoms. The zero-order valence-electron chi connectivity index (χ0n) is 6.26. The van der Waals surface area contributed by atoms with E-state index in [1.807, 2.05) is 6.21 Å². The smallest absolute Gasteiger partial charge is 0.0673 e. The molecule has 0 saturated heterocycles. The van der Waals surface area contributed by atoms with Gasteiger partial charge < -0.3 is 0 Å². The number of halogens is 1. The van der Waals surface area contributed by atoms with E-state index >= 15 is 0 Å². The molecule has 0 unspecified atom stereocenters. The molecule has 1 heterocycles. The van der Waals surface area contributed by atoms with E-state index < -0.39 is 0 Å². The van der Waals surface area contributed by atoms with Crippen LogP contribution in [-0.4, -0.2) is 6.21 Å². The van der Waals surface area contributed by atoms with Gasteiger partial charge in [-0.2, -0.15) is 0 Å². The molecule has 56 valence electrons. The summed E-state index contributed by atoms with van der Waals surface area (Å²) < 4.78 is 1.22. The Morgan fingerprint density at radius 1 is 1.45 bits per heavy atom. The summed E-state index contributed by atoms with van der Waals surface area (Å²) in [5, 5.41) is 0. The molecular formula is C9H8BrN. The molecule has 0 saturated carbocycles. The third-order valence-electron chi connectivity index (χ3n) is 1.94. The second-order valence-electron chi connectivity index (χ2n) is 2.71. The SMILES string of the molecule is Cc1ccc2c(c1Br)CC=N2. The van der Waals surface area contributed by atoms with Crippen molar-refractivity contribution >= 4 is 27.8 Å². The Labute approximate surface area is 74.3 Å². The first-order chi connectivity index (χ1) is 5.29. The van der Waals surface area contributed by atoms with Crippen molar-refractivity contribution in [3.63, 3.8) is 0 Å². The molecule has 0 aromatic heterocycles. The normalized spacial score (nSPS) is 13.6. The van der Waals surface area contributed by atoms with E-state index in [2.05, 4.69) is 40.0 Å². The van der Waals surface area contributed by atoms with Crippen LogP contribution in [0, 0.1) is 6.92 Å². The Morgan fingerprint density at radius 2 is 2.27 bits per heavy atom. The first-order valence-electron chi connectivity index (χ1n) is 3.59. The van der Waals surface area contributed by atoms with Gasteiger partial charge in [0.15, 0.2) is 0 Å². The van der Waals surface area contributed by atoms with Crippen molar-refractivity contribution in [3.8, 4) is 0 Å². The Kier molecular flexibility index (Phi) is 1.57. The molecule has 0 N–H and O–H groups in total. The second kappa shape index (κ2) is 2.45. The molecule has 1 aliphatic heterocycles. The van der Waals surface area contributed by atoms with Crippen LogP contribution < -0.4 is 0 Å². The fourth-order valence-electron chi connectivity index (χ4n) is 1.28. The average molecular weight is 210 g/mol. The number of fused-ring (bicyclic) bond motifs is 1. The Bertz CT molecular complexity index is 329. The quantitative estimate of drug-likeness (QED) is 0.624. The molecule has 1 nitrogen and oxygen atoms in total. The lowest BCUT2D eigenvalue weighted by Crippen LogP contribution is -1.84. The molecular weight excluding hydrogens is 202 g/mol. The van der Waals surface area contributed by atoms with Crippen molar-refractivity contribution in [2.24, 2.45) is 4.99 Å². The van der Waals surface area contributed by atoms with Crippen molar-refractivity contribution in [1.29, 1.82) is 0 Å². The van der Waals surface area contributed by atoms with E-state index in [4.69, 9.17) is 0 Å². The maximum atomic E-state index is 4.25. The molecule has 11 heavy (non-hydrogen) atoms. The first kappa shape index (κ1) is 7.04. The third kappa shape index (κ3) is 1.02. The third-order valence-corrected chi connectivity index (χ3v) is 3.04. The summed E-state index contributed by atoms with van der Waals surface area (Å²) in [5.74, 6) is 0. The summed E-state index contributed by atoms with van der Waals surface area (Å²) in [7, 11) is 0. The monoisotopic (exact) mass is 209 g/mol. The molecule has 0 atom stereocenters. The lowest BCUT2D eigenvalue weighted by atomic mass is 10.1. The highest BCUT2D eigenvalue weighted by atomic mass is 79.9. The number of benzene rings is 1. The summed E-state index contributed by atoms with van der Waals surface area (Å²) >= 11 is 3.55. The van der Waals surface area contributed by atoms with Gasteiger partial charge in [-0.15, -0.1) is 0 Å². The van der Waals surface area contributed by atoms with Crippen LogP contribution in [0.2, 0.25) is 0 Å². The molecule has 2 heteroatoms. The topological polar surface area (TPSA) is 12.4 Å². The lowest BCUT2D eigenvalue weighted by molar-refractivity contribution is 1.31. The summed E-state index contributed by atoms with van der Waals surface area (Å²) in [6.07, 6.45) is 2.92. The highest BCUT2D eigenvalue weighted by molar-refractivity contribution is 9.10. The zero-order chi connectivity index (χ0) is 7.84. The van der Waals surface area contributed by atoms with Crippen LogP contribution in [0.15, 0.2) is 21.6 Å². The van der Waals surface area contributed by atoms with Crippen molar-refractivity contribution in [2.45, 2.75) is 13.3 Å². The lowest BCUT2D eigenvalue weighted by Gasteiger charge is -2.03. The Morgan fingerprint density at radius 3 is 3.09 bits per heavy atom. The summed E-state index contributed by atoms with van der Waals surface area (Å²) in [5.41, 5.74) is 3.72. The molecule has 1 aromatic carbocycles. The van der Waals surface area contributed by atoms with Gasteiger partial charge in [0.1, 0.15) is 0 Å².